The van der Waals surface area contributed by atoms with Crippen LogP contribution in [0.3, 0.4) is 0 Å². The molecule has 1 fully saturated rings. The van der Waals surface area contributed by atoms with E-state index in [1.165, 1.54) is 29.5 Å². The fourth-order valence-corrected chi connectivity index (χ4v) is 4.08. The summed E-state index contributed by atoms with van der Waals surface area (Å²) in [6.07, 6.45) is 6.52. The Morgan fingerprint density at radius 1 is 1.00 bits per heavy atom. The normalized spacial score (nSPS) is 23.8. The molecule has 2 aliphatic rings. The van der Waals surface area contributed by atoms with Crippen LogP contribution in [0.2, 0.25) is 0 Å². The maximum atomic E-state index is 12.5. The van der Waals surface area contributed by atoms with Crippen molar-refractivity contribution < 1.29 is 9.53 Å². The molecule has 2 heteroatoms. The molecule has 124 valence electrons. The molecule has 24 heavy (non-hydrogen) atoms. The Kier molecular flexibility index (Phi) is 4.48. The maximum absolute atomic E-state index is 12.5. The van der Waals surface area contributed by atoms with Crippen LogP contribution in [-0.2, 0) is 17.6 Å². The molecule has 4 rings (SSSR count). The first-order valence-corrected chi connectivity index (χ1v) is 9.11. The number of hydrogen-bond acceptors (Lipinski definition) is 2. The Balaban J connectivity index is 1.55. The summed E-state index contributed by atoms with van der Waals surface area (Å²) >= 11 is 0. The molecule has 1 aliphatic carbocycles. The summed E-state index contributed by atoms with van der Waals surface area (Å²) in [7, 11) is 0. The van der Waals surface area contributed by atoms with Crippen LogP contribution in [0.5, 0.6) is 0 Å². The van der Waals surface area contributed by atoms with Crippen LogP contribution in [0.4, 0.5) is 0 Å². The summed E-state index contributed by atoms with van der Waals surface area (Å²) < 4.78 is 5.87. The second-order valence-electron chi connectivity index (χ2n) is 7.12. The van der Waals surface area contributed by atoms with E-state index in [2.05, 4.69) is 36.4 Å². The third kappa shape index (κ3) is 3.29. The van der Waals surface area contributed by atoms with Gasteiger partial charge in [0.25, 0.3) is 0 Å². The van der Waals surface area contributed by atoms with Crippen LogP contribution in [0.15, 0.2) is 48.5 Å². The number of rotatable bonds is 3. The van der Waals surface area contributed by atoms with Gasteiger partial charge in [-0.3, -0.25) is 4.79 Å². The first-order valence-electron chi connectivity index (χ1n) is 9.11. The number of ketones is 1. The first-order chi connectivity index (χ1) is 11.8. The SMILES string of the molecule is O=C1CC(c2ccccc2)Cc2cc(CC3CCCCO3)ccc21. The minimum atomic E-state index is 0.283. The van der Waals surface area contributed by atoms with Gasteiger partial charge in [-0.15, -0.1) is 0 Å². The van der Waals surface area contributed by atoms with Crippen molar-refractivity contribution in [1.82, 2.24) is 0 Å². The quantitative estimate of drug-likeness (QED) is 0.818. The van der Waals surface area contributed by atoms with Crippen molar-refractivity contribution in [2.45, 2.75) is 50.5 Å². The van der Waals surface area contributed by atoms with Gasteiger partial charge in [0, 0.05) is 18.6 Å². The lowest BCUT2D eigenvalue weighted by Crippen LogP contribution is -2.22. The molecule has 0 bridgehead atoms. The summed E-state index contributed by atoms with van der Waals surface area (Å²) in [6.45, 7) is 0.893. The number of Topliss-reactive ketones (excluding diaryl/α,β-unsaturated/α-hetero) is 1. The van der Waals surface area contributed by atoms with Crippen molar-refractivity contribution in [3.8, 4) is 0 Å². The van der Waals surface area contributed by atoms with E-state index >= 15 is 0 Å². The molecule has 2 aromatic rings. The van der Waals surface area contributed by atoms with E-state index < -0.39 is 0 Å². The highest BCUT2D eigenvalue weighted by atomic mass is 16.5. The number of hydrogen-bond donors (Lipinski definition) is 0. The Morgan fingerprint density at radius 3 is 2.67 bits per heavy atom. The Labute approximate surface area is 143 Å². The van der Waals surface area contributed by atoms with Gasteiger partial charge in [0.05, 0.1) is 6.10 Å². The molecule has 0 radical (unpaired) electrons. The highest BCUT2D eigenvalue weighted by Gasteiger charge is 2.26. The maximum Gasteiger partial charge on any atom is 0.163 e. The summed E-state index contributed by atoms with van der Waals surface area (Å²) in [4.78, 5) is 12.5. The highest BCUT2D eigenvalue weighted by Crippen LogP contribution is 2.33. The molecule has 0 spiro atoms. The largest absolute Gasteiger partial charge is 0.378 e. The molecule has 2 atom stereocenters. The van der Waals surface area contributed by atoms with Gasteiger partial charge < -0.3 is 4.74 Å². The van der Waals surface area contributed by atoms with Gasteiger partial charge in [-0.25, -0.2) is 0 Å². The topological polar surface area (TPSA) is 26.3 Å². The van der Waals surface area contributed by atoms with Crippen LogP contribution in [0, 0.1) is 0 Å². The van der Waals surface area contributed by atoms with Crippen molar-refractivity contribution in [3.05, 3.63) is 70.8 Å². The average molecular weight is 320 g/mol. The summed E-state index contributed by atoms with van der Waals surface area (Å²) in [5.41, 5.74) is 4.73. The third-order valence-corrected chi connectivity index (χ3v) is 5.38. The third-order valence-electron chi connectivity index (χ3n) is 5.38. The van der Waals surface area contributed by atoms with E-state index in [0.29, 0.717) is 18.4 Å². The molecular weight excluding hydrogens is 296 g/mol. The van der Waals surface area contributed by atoms with Gasteiger partial charge in [-0.2, -0.15) is 0 Å². The second-order valence-corrected chi connectivity index (χ2v) is 7.12. The molecule has 1 heterocycles. The van der Waals surface area contributed by atoms with E-state index in [-0.39, 0.29) is 5.78 Å². The molecule has 0 amide bonds. The van der Waals surface area contributed by atoms with Crippen molar-refractivity contribution in [3.63, 3.8) is 0 Å². The fraction of sp³-hybridized carbons (Fsp3) is 0.409. The summed E-state index contributed by atoms with van der Waals surface area (Å²) in [5, 5.41) is 0. The van der Waals surface area contributed by atoms with Crippen LogP contribution in [0.25, 0.3) is 0 Å². The number of carbonyl (C=O) groups is 1. The van der Waals surface area contributed by atoms with Crippen molar-refractivity contribution >= 4 is 5.78 Å². The minimum Gasteiger partial charge on any atom is -0.378 e. The molecular formula is C22H24O2. The molecule has 1 aliphatic heterocycles. The lowest BCUT2D eigenvalue weighted by Gasteiger charge is -2.26. The van der Waals surface area contributed by atoms with E-state index in [4.69, 9.17) is 4.74 Å². The van der Waals surface area contributed by atoms with Gasteiger partial charge in [0.2, 0.25) is 0 Å². The van der Waals surface area contributed by atoms with E-state index in [1.54, 1.807) is 0 Å². The fourth-order valence-electron chi connectivity index (χ4n) is 4.08. The Bertz CT molecular complexity index is 714. The van der Waals surface area contributed by atoms with Gasteiger partial charge in [-0.1, -0.05) is 48.5 Å². The Morgan fingerprint density at radius 2 is 1.88 bits per heavy atom. The van der Waals surface area contributed by atoms with E-state index in [0.717, 1.165) is 31.4 Å². The van der Waals surface area contributed by atoms with Crippen molar-refractivity contribution in [2.24, 2.45) is 0 Å². The summed E-state index contributed by atoms with van der Waals surface area (Å²) in [5.74, 6) is 0.595. The van der Waals surface area contributed by atoms with E-state index in [1.807, 2.05) is 12.1 Å². The van der Waals surface area contributed by atoms with Gasteiger partial charge in [-0.05, 0) is 54.7 Å². The lowest BCUT2D eigenvalue weighted by atomic mass is 9.78. The molecule has 2 aromatic carbocycles. The van der Waals surface area contributed by atoms with Gasteiger partial charge >= 0.3 is 0 Å². The van der Waals surface area contributed by atoms with Crippen molar-refractivity contribution in [2.75, 3.05) is 6.61 Å². The molecule has 0 N–H and O–H groups in total. The molecule has 0 saturated carbocycles. The first kappa shape index (κ1) is 15.6. The van der Waals surface area contributed by atoms with Gasteiger partial charge in [0.1, 0.15) is 0 Å². The van der Waals surface area contributed by atoms with Crippen LogP contribution in [-0.4, -0.2) is 18.5 Å². The number of carbonyl (C=O) groups excluding carboxylic acids is 1. The molecule has 2 nitrogen and oxygen atoms in total. The highest BCUT2D eigenvalue weighted by molar-refractivity contribution is 5.99. The van der Waals surface area contributed by atoms with Crippen LogP contribution < -0.4 is 0 Å². The number of fused-ring (bicyclic) bond motifs is 1. The lowest BCUT2D eigenvalue weighted by molar-refractivity contribution is 0.0168. The zero-order valence-electron chi connectivity index (χ0n) is 14.0. The van der Waals surface area contributed by atoms with E-state index in [9.17, 15) is 4.79 Å². The van der Waals surface area contributed by atoms with Crippen LogP contribution in [0.1, 0.15) is 58.6 Å². The minimum absolute atomic E-state index is 0.283. The predicted octanol–water partition coefficient (Wildman–Crippen LogP) is 4.71. The monoisotopic (exact) mass is 320 g/mol. The number of benzene rings is 2. The zero-order valence-corrected chi connectivity index (χ0v) is 14.0. The van der Waals surface area contributed by atoms with Crippen molar-refractivity contribution in [1.29, 1.82) is 0 Å². The molecule has 2 unspecified atom stereocenters. The molecule has 0 aromatic heterocycles. The second kappa shape index (κ2) is 6.90. The smallest absolute Gasteiger partial charge is 0.163 e. The standard InChI is InChI=1S/C22H24O2/c23-22-15-18(17-6-2-1-3-7-17)14-19-12-16(9-10-21(19)22)13-20-8-4-5-11-24-20/h1-3,6-7,9-10,12,18,20H,4-5,8,11,13-15H2. The Hall–Kier alpha value is -1.93. The van der Waals surface area contributed by atoms with Gasteiger partial charge in [0.15, 0.2) is 5.78 Å². The number of ether oxygens (including phenoxy) is 1. The predicted molar refractivity (Wildman–Crippen MR) is 95.6 cm³/mol. The molecule has 1 saturated heterocycles. The summed E-state index contributed by atoms with van der Waals surface area (Å²) in [6, 6.07) is 16.9. The van der Waals surface area contributed by atoms with Crippen LogP contribution >= 0.6 is 0 Å². The average Bonchev–Trinajstić information content (AvgIpc) is 2.63. The zero-order chi connectivity index (χ0) is 16.4.